The van der Waals surface area contributed by atoms with E-state index in [9.17, 15) is 4.79 Å². The molecular weight excluding hydrogens is 200 g/mol. The van der Waals surface area contributed by atoms with Gasteiger partial charge in [-0.3, -0.25) is 4.79 Å². The molecule has 1 aliphatic rings. The van der Waals surface area contributed by atoms with Crippen molar-refractivity contribution in [3.05, 3.63) is 35.9 Å². The minimum absolute atomic E-state index is 0.0523. The van der Waals surface area contributed by atoms with Crippen LogP contribution in [-0.4, -0.2) is 5.97 Å². The van der Waals surface area contributed by atoms with Crippen LogP contribution < -0.4 is 0 Å². The van der Waals surface area contributed by atoms with Crippen LogP contribution in [0.1, 0.15) is 44.6 Å². The summed E-state index contributed by atoms with van der Waals surface area (Å²) in [6.45, 7) is 2.13. The van der Waals surface area contributed by atoms with Crippen molar-refractivity contribution in [2.24, 2.45) is 0 Å². The molecule has 0 aromatic heterocycles. The van der Waals surface area contributed by atoms with Crippen molar-refractivity contribution in [2.45, 2.75) is 44.6 Å². The highest BCUT2D eigenvalue weighted by Crippen LogP contribution is 2.39. The molecule has 1 aromatic rings. The second kappa shape index (κ2) is 4.69. The smallest absolute Gasteiger partial charge is 0.306 e. The molecule has 0 bridgehead atoms. The molecule has 86 valence electrons. The monoisotopic (exact) mass is 218 g/mol. The summed E-state index contributed by atoms with van der Waals surface area (Å²) in [5.41, 5.74) is 0.788. The van der Waals surface area contributed by atoms with E-state index in [0.717, 1.165) is 31.2 Å². The predicted molar refractivity (Wildman–Crippen MR) is 63.0 cm³/mol. The fourth-order valence-electron chi connectivity index (χ4n) is 2.51. The summed E-state index contributed by atoms with van der Waals surface area (Å²) in [5.74, 6) is -0.0523. The van der Waals surface area contributed by atoms with E-state index in [1.165, 1.54) is 0 Å². The summed E-state index contributed by atoms with van der Waals surface area (Å²) < 4.78 is 5.66. The first-order chi connectivity index (χ1) is 7.77. The molecule has 1 fully saturated rings. The molecule has 2 heteroatoms. The van der Waals surface area contributed by atoms with Crippen molar-refractivity contribution >= 4 is 5.97 Å². The quantitative estimate of drug-likeness (QED) is 0.727. The Morgan fingerprint density at radius 1 is 1.31 bits per heavy atom. The number of rotatable bonds is 3. The van der Waals surface area contributed by atoms with Crippen LogP contribution in [0.5, 0.6) is 0 Å². The van der Waals surface area contributed by atoms with Crippen LogP contribution in [0.25, 0.3) is 0 Å². The fraction of sp³-hybridized carbons (Fsp3) is 0.500. The summed E-state index contributed by atoms with van der Waals surface area (Å²) >= 11 is 0. The maximum atomic E-state index is 11.5. The minimum atomic E-state index is -0.356. The van der Waals surface area contributed by atoms with Crippen LogP contribution in [-0.2, 0) is 15.1 Å². The van der Waals surface area contributed by atoms with E-state index in [0.29, 0.717) is 6.42 Å². The van der Waals surface area contributed by atoms with Crippen LogP contribution >= 0.6 is 0 Å². The zero-order chi connectivity index (χ0) is 11.4. The van der Waals surface area contributed by atoms with Gasteiger partial charge in [-0.15, -0.1) is 0 Å². The lowest BCUT2D eigenvalue weighted by Crippen LogP contribution is -2.36. The Morgan fingerprint density at radius 2 is 2.06 bits per heavy atom. The van der Waals surface area contributed by atoms with Crippen LogP contribution in [0.4, 0.5) is 0 Å². The van der Waals surface area contributed by atoms with Crippen LogP contribution in [0.15, 0.2) is 30.3 Å². The molecule has 1 atom stereocenters. The molecule has 0 saturated carbocycles. The maximum absolute atomic E-state index is 11.5. The zero-order valence-corrected chi connectivity index (χ0v) is 9.74. The molecule has 1 aliphatic heterocycles. The Morgan fingerprint density at radius 3 is 2.69 bits per heavy atom. The Bertz CT molecular complexity index is 354. The SMILES string of the molecule is CCCC1(c2ccccc2)CCCC(=O)O1. The lowest BCUT2D eigenvalue weighted by Gasteiger charge is -2.37. The van der Waals surface area contributed by atoms with Gasteiger partial charge < -0.3 is 4.74 Å². The van der Waals surface area contributed by atoms with Gasteiger partial charge in [-0.05, 0) is 24.8 Å². The highest BCUT2D eigenvalue weighted by Gasteiger charge is 2.37. The van der Waals surface area contributed by atoms with Gasteiger partial charge in [-0.25, -0.2) is 0 Å². The average molecular weight is 218 g/mol. The van der Waals surface area contributed by atoms with Crippen molar-refractivity contribution in [1.29, 1.82) is 0 Å². The first-order valence-corrected chi connectivity index (χ1v) is 6.04. The van der Waals surface area contributed by atoms with Gasteiger partial charge >= 0.3 is 5.97 Å². The first-order valence-electron chi connectivity index (χ1n) is 6.04. The van der Waals surface area contributed by atoms with Gasteiger partial charge in [0.1, 0.15) is 5.60 Å². The topological polar surface area (TPSA) is 26.3 Å². The lowest BCUT2D eigenvalue weighted by molar-refractivity contribution is -0.170. The van der Waals surface area contributed by atoms with E-state index < -0.39 is 0 Å². The number of carbonyl (C=O) groups is 1. The number of ether oxygens (including phenoxy) is 1. The van der Waals surface area contributed by atoms with Gasteiger partial charge in [0, 0.05) is 6.42 Å². The van der Waals surface area contributed by atoms with Crippen molar-refractivity contribution in [2.75, 3.05) is 0 Å². The van der Waals surface area contributed by atoms with Gasteiger partial charge in [-0.2, -0.15) is 0 Å². The molecule has 2 nitrogen and oxygen atoms in total. The van der Waals surface area contributed by atoms with Crippen molar-refractivity contribution < 1.29 is 9.53 Å². The number of esters is 1. The molecule has 2 rings (SSSR count). The predicted octanol–water partition coefficient (Wildman–Crippen LogP) is 3.41. The first kappa shape index (κ1) is 11.2. The molecule has 1 heterocycles. The second-order valence-corrected chi connectivity index (χ2v) is 4.44. The molecule has 1 aromatic carbocycles. The lowest BCUT2D eigenvalue weighted by atomic mass is 9.83. The van der Waals surface area contributed by atoms with Crippen LogP contribution in [0.3, 0.4) is 0 Å². The van der Waals surface area contributed by atoms with Crippen LogP contribution in [0.2, 0.25) is 0 Å². The van der Waals surface area contributed by atoms with Crippen LogP contribution in [0, 0.1) is 0 Å². The minimum Gasteiger partial charge on any atom is -0.454 e. The molecule has 1 saturated heterocycles. The molecule has 0 spiro atoms. The number of carbonyl (C=O) groups excluding carboxylic acids is 1. The van der Waals surface area contributed by atoms with E-state index in [-0.39, 0.29) is 11.6 Å². The van der Waals surface area contributed by atoms with Crippen molar-refractivity contribution in [3.63, 3.8) is 0 Å². The Kier molecular flexibility index (Phi) is 3.28. The highest BCUT2D eigenvalue weighted by atomic mass is 16.6. The summed E-state index contributed by atoms with van der Waals surface area (Å²) in [6.07, 6.45) is 4.41. The second-order valence-electron chi connectivity index (χ2n) is 4.44. The van der Waals surface area contributed by atoms with Gasteiger partial charge in [0.15, 0.2) is 0 Å². The Hall–Kier alpha value is -1.31. The van der Waals surface area contributed by atoms with E-state index in [2.05, 4.69) is 19.1 Å². The van der Waals surface area contributed by atoms with Gasteiger partial charge in [-0.1, -0.05) is 43.7 Å². The summed E-state index contributed by atoms with van der Waals surface area (Å²) in [5, 5.41) is 0. The van der Waals surface area contributed by atoms with E-state index in [1.807, 2.05) is 18.2 Å². The van der Waals surface area contributed by atoms with Crippen molar-refractivity contribution in [1.82, 2.24) is 0 Å². The van der Waals surface area contributed by atoms with Crippen molar-refractivity contribution in [3.8, 4) is 0 Å². The molecule has 0 amide bonds. The summed E-state index contributed by atoms with van der Waals surface area (Å²) in [6, 6.07) is 10.1. The third-order valence-corrected chi connectivity index (χ3v) is 3.22. The number of hydrogen-bond acceptors (Lipinski definition) is 2. The number of hydrogen-bond donors (Lipinski definition) is 0. The van der Waals surface area contributed by atoms with Gasteiger partial charge in [0.2, 0.25) is 0 Å². The van der Waals surface area contributed by atoms with Gasteiger partial charge in [0.25, 0.3) is 0 Å². The molecule has 0 aliphatic carbocycles. The largest absolute Gasteiger partial charge is 0.454 e. The highest BCUT2D eigenvalue weighted by molar-refractivity contribution is 5.71. The molecule has 0 N–H and O–H groups in total. The summed E-state index contributed by atoms with van der Waals surface area (Å²) in [4.78, 5) is 11.5. The molecule has 0 radical (unpaired) electrons. The fourth-order valence-corrected chi connectivity index (χ4v) is 2.51. The molecule has 1 unspecified atom stereocenters. The Labute approximate surface area is 96.6 Å². The zero-order valence-electron chi connectivity index (χ0n) is 9.74. The molecular formula is C14H18O2. The van der Waals surface area contributed by atoms with Gasteiger partial charge in [0.05, 0.1) is 0 Å². The standard InChI is InChI=1S/C14H18O2/c1-2-10-14(11-6-9-13(15)16-14)12-7-4-3-5-8-12/h3-5,7-8H,2,6,9-11H2,1H3. The normalized spacial score (nSPS) is 25.2. The average Bonchev–Trinajstić information content (AvgIpc) is 2.31. The maximum Gasteiger partial charge on any atom is 0.306 e. The van der Waals surface area contributed by atoms with E-state index >= 15 is 0 Å². The van der Waals surface area contributed by atoms with E-state index in [1.54, 1.807) is 0 Å². The number of cyclic esters (lactones) is 1. The molecule has 16 heavy (non-hydrogen) atoms. The summed E-state index contributed by atoms with van der Waals surface area (Å²) in [7, 11) is 0. The third-order valence-electron chi connectivity index (χ3n) is 3.22. The Balaban J connectivity index is 2.31. The third kappa shape index (κ3) is 2.11. The van der Waals surface area contributed by atoms with E-state index in [4.69, 9.17) is 4.74 Å². The number of benzene rings is 1.